The van der Waals surface area contributed by atoms with Crippen LogP contribution in [0.5, 0.6) is 0 Å². The van der Waals surface area contributed by atoms with E-state index in [-0.39, 0.29) is 0 Å². The van der Waals surface area contributed by atoms with Crippen molar-refractivity contribution in [3.63, 3.8) is 0 Å². The molecular weight excluding hydrogens is 196 g/mol. The second-order valence-electron chi connectivity index (χ2n) is 2.99. The highest BCUT2D eigenvalue weighted by atomic mass is 35.5. The lowest BCUT2D eigenvalue weighted by Crippen LogP contribution is -1.84. The summed E-state index contributed by atoms with van der Waals surface area (Å²) in [5.74, 6) is 0. The normalized spacial score (nSPS) is 10.1. The Morgan fingerprint density at radius 2 is 1.71 bits per heavy atom. The molecule has 0 aliphatic heterocycles. The number of nitrogen functional groups attached to an aromatic ring is 1. The van der Waals surface area contributed by atoms with Crippen LogP contribution in [-0.4, -0.2) is 4.98 Å². The Hall–Kier alpha value is -1.54. The van der Waals surface area contributed by atoms with Crippen LogP contribution in [0.3, 0.4) is 0 Å². The molecule has 0 fully saturated rings. The van der Waals surface area contributed by atoms with Crippen LogP contribution >= 0.6 is 11.6 Å². The fraction of sp³-hybridized carbons (Fsp3) is 0. The number of hydrogen-bond acceptors (Lipinski definition) is 2. The van der Waals surface area contributed by atoms with Gasteiger partial charge >= 0.3 is 0 Å². The van der Waals surface area contributed by atoms with Gasteiger partial charge in [0, 0.05) is 11.9 Å². The molecule has 70 valence electrons. The predicted octanol–water partition coefficient (Wildman–Crippen LogP) is 2.98. The van der Waals surface area contributed by atoms with E-state index in [0.717, 1.165) is 16.8 Å². The second-order valence-corrected chi connectivity index (χ2v) is 3.38. The predicted molar refractivity (Wildman–Crippen MR) is 59.1 cm³/mol. The summed E-state index contributed by atoms with van der Waals surface area (Å²) in [6.45, 7) is 0. The third-order valence-corrected chi connectivity index (χ3v) is 2.18. The molecule has 1 heterocycles. The van der Waals surface area contributed by atoms with Gasteiger partial charge in [0.25, 0.3) is 0 Å². The monoisotopic (exact) mass is 204 g/mol. The molecular formula is C11H9ClN2. The Kier molecular flexibility index (Phi) is 2.37. The van der Waals surface area contributed by atoms with E-state index >= 15 is 0 Å². The molecule has 1 aromatic heterocycles. The van der Waals surface area contributed by atoms with Gasteiger partial charge in [-0.1, -0.05) is 23.7 Å². The van der Waals surface area contributed by atoms with Crippen LogP contribution in [0.15, 0.2) is 42.6 Å². The van der Waals surface area contributed by atoms with E-state index in [4.69, 9.17) is 17.3 Å². The minimum Gasteiger partial charge on any atom is -0.399 e. The lowest BCUT2D eigenvalue weighted by Gasteiger charge is -2.01. The van der Waals surface area contributed by atoms with Crippen molar-refractivity contribution in [2.24, 2.45) is 0 Å². The first kappa shape index (κ1) is 9.03. The highest BCUT2D eigenvalue weighted by molar-refractivity contribution is 6.29. The van der Waals surface area contributed by atoms with E-state index in [1.54, 1.807) is 6.20 Å². The molecule has 0 aliphatic rings. The van der Waals surface area contributed by atoms with Crippen molar-refractivity contribution in [3.05, 3.63) is 47.7 Å². The second kappa shape index (κ2) is 3.68. The van der Waals surface area contributed by atoms with Gasteiger partial charge in [-0.15, -0.1) is 0 Å². The maximum Gasteiger partial charge on any atom is 0.129 e. The van der Waals surface area contributed by atoms with E-state index in [1.807, 2.05) is 36.4 Å². The van der Waals surface area contributed by atoms with Crippen LogP contribution < -0.4 is 5.73 Å². The highest BCUT2D eigenvalue weighted by Crippen LogP contribution is 2.21. The largest absolute Gasteiger partial charge is 0.399 e. The van der Waals surface area contributed by atoms with Gasteiger partial charge in [-0.25, -0.2) is 4.98 Å². The van der Waals surface area contributed by atoms with Crippen molar-refractivity contribution in [2.45, 2.75) is 0 Å². The van der Waals surface area contributed by atoms with Crippen molar-refractivity contribution < 1.29 is 0 Å². The lowest BCUT2D eigenvalue weighted by molar-refractivity contribution is 1.33. The van der Waals surface area contributed by atoms with Gasteiger partial charge < -0.3 is 5.73 Å². The Bertz CT molecular complexity index is 437. The Balaban J connectivity index is 2.44. The molecule has 0 aliphatic carbocycles. The Labute approximate surface area is 87.4 Å². The minimum atomic E-state index is 0.499. The van der Waals surface area contributed by atoms with Crippen molar-refractivity contribution in [1.29, 1.82) is 0 Å². The average molecular weight is 205 g/mol. The van der Waals surface area contributed by atoms with Crippen LogP contribution in [0, 0.1) is 0 Å². The number of benzene rings is 1. The number of hydrogen-bond donors (Lipinski definition) is 1. The van der Waals surface area contributed by atoms with Gasteiger partial charge in [-0.3, -0.25) is 0 Å². The molecule has 2 N–H and O–H groups in total. The fourth-order valence-corrected chi connectivity index (χ4v) is 1.43. The molecule has 0 atom stereocenters. The van der Waals surface area contributed by atoms with Crippen LogP contribution in [0.1, 0.15) is 0 Å². The third kappa shape index (κ3) is 1.86. The number of nitrogens with zero attached hydrogens (tertiary/aromatic N) is 1. The Morgan fingerprint density at radius 1 is 1.00 bits per heavy atom. The van der Waals surface area contributed by atoms with Gasteiger partial charge in [-0.05, 0) is 35.4 Å². The molecule has 3 heteroatoms. The smallest absolute Gasteiger partial charge is 0.129 e. The fourth-order valence-electron chi connectivity index (χ4n) is 1.26. The van der Waals surface area contributed by atoms with E-state index < -0.39 is 0 Å². The number of pyridine rings is 1. The van der Waals surface area contributed by atoms with Gasteiger partial charge in [-0.2, -0.15) is 0 Å². The van der Waals surface area contributed by atoms with Crippen molar-refractivity contribution in [3.8, 4) is 11.1 Å². The highest BCUT2D eigenvalue weighted by Gasteiger charge is 1.97. The molecule has 14 heavy (non-hydrogen) atoms. The van der Waals surface area contributed by atoms with Gasteiger partial charge in [0.15, 0.2) is 0 Å². The number of halogens is 1. The van der Waals surface area contributed by atoms with E-state index in [2.05, 4.69) is 4.98 Å². The quantitative estimate of drug-likeness (QED) is 0.573. The van der Waals surface area contributed by atoms with Gasteiger partial charge in [0.1, 0.15) is 5.15 Å². The SMILES string of the molecule is Nc1ccc(-c2ccnc(Cl)c2)cc1. The van der Waals surface area contributed by atoms with Gasteiger partial charge in [0.2, 0.25) is 0 Å². The zero-order valence-electron chi connectivity index (χ0n) is 7.44. The molecule has 0 amide bonds. The molecule has 0 bridgehead atoms. The van der Waals surface area contributed by atoms with Crippen LogP contribution in [0.4, 0.5) is 5.69 Å². The Morgan fingerprint density at radius 3 is 2.36 bits per heavy atom. The summed E-state index contributed by atoms with van der Waals surface area (Å²) < 4.78 is 0. The minimum absolute atomic E-state index is 0.499. The molecule has 2 rings (SSSR count). The molecule has 2 aromatic rings. The summed E-state index contributed by atoms with van der Waals surface area (Å²) >= 11 is 5.79. The van der Waals surface area contributed by atoms with E-state index in [9.17, 15) is 0 Å². The summed E-state index contributed by atoms with van der Waals surface area (Å²) in [5, 5.41) is 0.499. The number of rotatable bonds is 1. The topological polar surface area (TPSA) is 38.9 Å². The molecule has 2 nitrogen and oxygen atoms in total. The number of anilines is 1. The maximum absolute atomic E-state index is 5.79. The van der Waals surface area contributed by atoms with Crippen molar-refractivity contribution in [1.82, 2.24) is 4.98 Å². The molecule has 0 radical (unpaired) electrons. The first-order chi connectivity index (χ1) is 6.75. The summed E-state index contributed by atoms with van der Waals surface area (Å²) in [7, 11) is 0. The van der Waals surface area contributed by atoms with E-state index in [1.165, 1.54) is 0 Å². The molecule has 0 spiro atoms. The summed E-state index contributed by atoms with van der Waals surface area (Å²) in [6.07, 6.45) is 1.69. The lowest BCUT2D eigenvalue weighted by atomic mass is 10.1. The zero-order valence-corrected chi connectivity index (χ0v) is 8.20. The van der Waals surface area contributed by atoms with Crippen molar-refractivity contribution in [2.75, 3.05) is 5.73 Å². The van der Waals surface area contributed by atoms with E-state index in [0.29, 0.717) is 5.15 Å². The maximum atomic E-state index is 5.79. The standard InChI is InChI=1S/C11H9ClN2/c12-11-7-9(5-6-14-11)8-1-3-10(13)4-2-8/h1-7H,13H2. The summed E-state index contributed by atoms with van der Waals surface area (Å²) in [4.78, 5) is 3.92. The molecule has 0 unspecified atom stereocenters. The van der Waals surface area contributed by atoms with Gasteiger partial charge in [0.05, 0.1) is 0 Å². The summed E-state index contributed by atoms with van der Waals surface area (Å²) in [5.41, 5.74) is 8.49. The molecule has 1 aromatic carbocycles. The first-order valence-electron chi connectivity index (χ1n) is 4.23. The number of nitrogens with two attached hydrogens (primary N) is 1. The number of aromatic nitrogens is 1. The zero-order chi connectivity index (χ0) is 9.97. The van der Waals surface area contributed by atoms with Crippen LogP contribution in [0.25, 0.3) is 11.1 Å². The first-order valence-corrected chi connectivity index (χ1v) is 4.61. The molecule has 0 saturated carbocycles. The van der Waals surface area contributed by atoms with Crippen molar-refractivity contribution >= 4 is 17.3 Å². The third-order valence-electron chi connectivity index (χ3n) is 1.97. The van der Waals surface area contributed by atoms with Crippen LogP contribution in [0.2, 0.25) is 5.15 Å². The summed E-state index contributed by atoms with van der Waals surface area (Å²) in [6, 6.07) is 11.4. The average Bonchev–Trinajstić information content (AvgIpc) is 2.19. The molecule has 0 saturated heterocycles. The van der Waals surface area contributed by atoms with Crippen LogP contribution in [-0.2, 0) is 0 Å².